The number of hydrogen-bond donors (Lipinski definition) is 0. The Labute approximate surface area is 138 Å². The largest absolute Gasteiger partial charge is 0.300 e. The second-order valence-corrected chi connectivity index (χ2v) is 5.75. The van der Waals surface area contributed by atoms with Gasteiger partial charge in [0.05, 0.1) is 11.6 Å². The summed E-state index contributed by atoms with van der Waals surface area (Å²) in [4.78, 5) is 37.2. The molecule has 2 aromatic carbocycles. The van der Waals surface area contributed by atoms with E-state index in [0.29, 0.717) is 16.8 Å². The smallest absolute Gasteiger partial charge is 0.224 e. The predicted molar refractivity (Wildman–Crippen MR) is 88.8 cm³/mol. The van der Waals surface area contributed by atoms with Crippen molar-refractivity contribution in [2.24, 2.45) is 0 Å². The molecule has 1 heterocycles. The predicted octanol–water partition coefficient (Wildman–Crippen LogP) is 2.66. The molecule has 0 aromatic heterocycles. The molecule has 0 N–H and O–H groups in total. The van der Waals surface area contributed by atoms with Gasteiger partial charge < -0.3 is 4.90 Å². The van der Waals surface area contributed by atoms with Gasteiger partial charge in [-0.15, -0.1) is 0 Å². The highest BCUT2D eigenvalue weighted by molar-refractivity contribution is 6.17. The molecule has 0 spiro atoms. The van der Waals surface area contributed by atoms with E-state index in [1.54, 1.807) is 54.6 Å². The average molecular weight is 324 g/mol. The van der Waals surface area contributed by atoms with Crippen LogP contribution in [0.2, 0.25) is 0 Å². The van der Waals surface area contributed by atoms with Crippen LogP contribution in [0.15, 0.2) is 54.6 Å². The number of Topliss-reactive ketones (excluding diaryl/α,β-unsaturated/α-hetero) is 1. The number of hydrogen-bond acceptors (Lipinski definition) is 4. The summed E-state index contributed by atoms with van der Waals surface area (Å²) in [6.07, 6.45) is 0. The van der Waals surface area contributed by atoms with Crippen molar-refractivity contribution in [3.05, 3.63) is 75.8 Å². The van der Waals surface area contributed by atoms with E-state index in [1.165, 1.54) is 11.8 Å². The number of nitro groups is 1. The summed E-state index contributed by atoms with van der Waals surface area (Å²) < 4.78 is 0. The number of benzene rings is 2. The number of rotatable bonds is 4. The van der Waals surface area contributed by atoms with E-state index in [-0.39, 0.29) is 11.7 Å². The Morgan fingerprint density at radius 1 is 1.17 bits per heavy atom. The Hall–Kier alpha value is -3.02. The van der Waals surface area contributed by atoms with Crippen molar-refractivity contribution in [3.8, 4) is 0 Å². The number of carbonyl (C=O) groups is 2. The lowest BCUT2D eigenvalue weighted by Gasteiger charge is -2.28. The topological polar surface area (TPSA) is 80.5 Å². The Morgan fingerprint density at radius 2 is 1.79 bits per heavy atom. The molecular weight excluding hydrogens is 308 g/mol. The third kappa shape index (κ3) is 2.67. The van der Waals surface area contributed by atoms with Gasteiger partial charge in [0.1, 0.15) is 6.04 Å². The summed E-state index contributed by atoms with van der Waals surface area (Å²) in [7, 11) is 0. The maximum atomic E-state index is 12.9. The van der Waals surface area contributed by atoms with E-state index in [2.05, 4.69) is 0 Å². The molecule has 24 heavy (non-hydrogen) atoms. The van der Waals surface area contributed by atoms with Gasteiger partial charge in [0.2, 0.25) is 12.5 Å². The Balaban J connectivity index is 2.11. The lowest BCUT2D eigenvalue weighted by molar-refractivity contribution is -0.483. The molecule has 0 bridgehead atoms. The Bertz CT molecular complexity index is 804. The van der Waals surface area contributed by atoms with E-state index in [4.69, 9.17) is 0 Å². The van der Waals surface area contributed by atoms with Crippen molar-refractivity contribution in [1.82, 2.24) is 0 Å². The van der Waals surface area contributed by atoms with E-state index < -0.39 is 23.4 Å². The van der Waals surface area contributed by atoms with Gasteiger partial charge in [-0.05, 0) is 17.7 Å². The molecule has 0 fully saturated rings. The van der Waals surface area contributed by atoms with Crippen molar-refractivity contribution in [2.45, 2.75) is 18.9 Å². The number of fused-ring (bicyclic) bond motifs is 1. The molecule has 2 aromatic rings. The third-order valence-corrected chi connectivity index (χ3v) is 4.27. The normalized spacial score (nSPS) is 17.5. The Kier molecular flexibility index (Phi) is 4.12. The van der Waals surface area contributed by atoms with Crippen LogP contribution in [-0.2, 0) is 4.79 Å². The maximum Gasteiger partial charge on any atom is 0.224 e. The van der Waals surface area contributed by atoms with Gasteiger partial charge >= 0.3 is 0 Å². The number of amides is 1. The molecule has 2 atom stereocenters. The monoisotopic (exact) mass is 324 g/mol. The van der Waals surface area contributed by atoms with Gasteiger partial charge in [-0.2, -0.15) is 0 Å². The van der Waals surface area contributed by atoms with Gasteiger partial charge in [-0.1, -0.05) is 42.5 Å². The lowest BCUT2D eigenvalue weighted by Crippen LogP contribution is -2.45. The molecule has 0 unspecified atom stereocenters. The molecular formula is C18H16N2O4. The molecule has 3 rings (SSSR count). The van der Waals surface area contributed by atoms with Gasteiger partial charge in [-0.25, -0.2) is 0 Å². The molecule has 1 amide bonds. The van der Waals surface area contributed by atoms with Gasteiger partial charge in [-0.3, -0.25) is 19.7 Å². The van der Waals surface area contributed by atoms with Crippen LogP contribution in [0, 0.1) is 10.1 Å². The van der Waals surface area contributed by atoms with Crippen molar-refractivity contribution in [1.29, 1.82) is 0 Å². The van der Waals surface area contributed by atoms with Crippen molar-refractivity contribution < 1.29 is 14.5 Å². The number of nitrogens with zero attached hydrogens (tertiary/aromatic N) is 2. The quantitative estimate of drug-likeness (QED) is 0.639. The van der Waals surface area contributed by atoms with E-state index >= 15 is 0 Å². The van der Waals surface area contributed by atoms with E-state index in [0.717, 1.165) is 0 Å². The summed E-state index contributed by atoms with van der Waals surface area (Å²) >= 11 is 0. The fourth-order valence-corrected chi connectivity index (χ4v) is 3.30. The Morgan fingerprint density at radius 3 is 2.42 bits per heavy atom. The summed E-state index contributed by atoms with van der Waals surface area (Å²) in [5, 5.41) is 11.2. The summed E-state index contributed by atoms with van der Waals surface area (Å²) in [5.41, 5.74) is 1.62. The standard InChI is InChI=1S/C18H16N2O4/c1-12(21)20-16-10-6-5-9-14(16)18(22)17(20)15(11-19(23)24)13-7-3-2-4-8-13/h2-10,15,17H,11H2,1H3/t15-,17+/m1/s1. The second kappa shape index (κ2) is 6.23. The minimum atomic E-state index is -0.896. The first-order valence-electron chi connectivity index (χ1n) is 7.60. The highest BCUT2D eigenvalue weighted by atomic mass is 16.6. The average Bonchev–Trinajstić information content (AvgIpc) is 2.87. The molecule has 0 saturated heterocycles. The van der Waals surface area contributed by atoms with Gasteiger partial charge in [0.15, 0.2) is 5.78 Å². The summed E-state index contributed by atoms with van der Waals surface area (Å²) in [6, 6.07) is 14.8. The molecule has 6 nitrogen and oxygen atoms in total. The van der Waals surface area contributed by atoms with Crippen LogP contribution in [0.25, 0.3) is 0 Å². The fourth-order valence-electron chi connectivity index (χ4n) is 3.30. The highest BCUT2D eigenvalue weighted by Crippen LogP contribution is 2.38. The zero-order valence-corrected chi connectivity index (χ0v) is 13.1. The minimum absolute atomic E-state index is 0.253. The number of ketones is 1. The van der Waals surface area contributed by atoms with Crippen LogP contribution >= 0.6 is 0 Å². The molecule has 0 saturated carbocycles. The number of para-hydroxylation sites is 1. The van der Waals surface area contributed by atoms with Crippen LogP contribution < -0.4 is 4.90 Å². The lowest BCUT2D eigenvalue weighted by atomic mass is 9.88. The second-order valence-electron chi connectivity index (χ2n) is 5.75. The first-order chi connectivity index (χ1) is 11.5. The SMILES string of the molecule is CC(=O)N1c2ccccc2C(=O)[C@@H]1[C@H](C[N+](=O)[O-])c1ccccc1. The molecule has 0 aliphatic carbocycles. The molecule has 1 aliphatic rings. The zero-order chi connectivity index (χ0) is 17.3. The summed E-state index contributed by atoms with van der Waals surface area (Å²) in [6.45, 7) is 0.953. The van der Waals surface area contributed by atoms with E-state index in [1.807, 2.05) is 0 Å². The number of carbonyl (C=O) groups excluding carboxylic acids is 2. The minimum Gasteiger partial charge on any atom is -0.300 e. The molecule has 1 aliphatic heterocycles. The summed E-state index contributed by atoms with van der Waals surface area (Å²) in [5.74, 6) is -1.26. The van der Waals surface area contributed by atoms with Crippen LogP contribution in [0.1, 0.15) is 28.8 Å². The van der Waals surface area contributed by atoms with Crippen LogP contribution in [0.5, 0.6) is 0 Å². The van der Waals surface area contributed by atoms with Crippen LogP contribution in [0.3, 0.4) is 0 Å². The van der Waals surface area contributed by atoms with Crippen LogP contribution in [0.4, 0.5) is 5.69 Å². The molecule has 6 heteroatoms. The maximum absolute atomic E-state index is 12.9. The first-order valence-corrected chi connectivity index (χ1v) is 7.60. The van der Waals surface area contributed by atoms with Crippen molar-refractivity contribution in [2.75, 3.05) is 11.4 Å². The number of anilines is 1. The van der Waals surface area contributed by atoms with E-state index in [9.17, 15) is 19.7 Å². The molecule has 122 valence electrons. The van der Waals surface area contributed by atoms with Gasteiger partial charge in [0.25, 0.3) is 0 Å². The van der Waals surface area contributed by atoms with Crippen molar-refractivity contribution in [3.63, 3.8) is 0 Å². The van der Waals surface area contributed by atoms with Crippen LogP contribution in [-0.4, -0.2) is 29.2 Å². The molecule has 0 radical (unpaired) electrons. The fraction of sp³-hybridized carbons (Fsp3) is 0.222. The zero-order valence-electron chi connectivity index (χ0n) is 13.1. The van der Waals surface area contributed by atoms with Crippen molar-refractivity contribution >= 4 is 17.4 Å². The van der Waals surface area contributed by atoms with Gasteiger partial charge in [0, 0.05) is 17.4 Å². The highest BCUT2D eigenvalue weighted by Gasteiger charge is 2.46. The first kappa shape index (κ1) is 15.9. The third-order valence-electron chi connectivity index (χ3n) is 4.27.